The second kappa shape index (κ2) is 14.6. The first kappa shape index (κ1) is 26.6. The van der Waals surface area contributed by atoms with Gasteiger partial charge in [-0.1, -0.05) is 12.8 Å². The highest BCUT2D eigenvalue weighted by atomic mass is 28.4. The Morgan fingerprint density at radius 2 is 1.63 bits per heavy atom. The molecule has 3 N–H and O–H groups in total. The molecule has 0 saturated heterocycles. The number of hydrogen-bond donors (Lipinski definition) is 3. The molecular weight excluding hydrogens is 428 g/mol. The maximum Gasteiger partial charge on any atom is 0.563 e. The highest BCUT2D eigenvalue weighted by Crippen LogP contribution is 2.18. The van der Waals surface area contributed by atoms with E-state index in [1.807, 2.05) is 0 Å². The molecule has 0 unspecified atom stereocenters. The highest BCUT2D eigenvalue weighted by molar-refractivity contribution is 6.67. The van der Waals surface area contributed by atoms with E-state index in [1.165, 1.54) is 17.1 Å². The van der Waals surface area contributed by atoms with Crippen molar-refractivity contribution in [1.29, 1.82) is 0 Å². The molecule has 0 spiro atoms. The van der Waals surface area contributed by atoms with Crippen molar-refractivity contribution in [2.24, 2.45) is 0 Å². The second-order valence-electron chi connectivity index (χ2n) is 6.71. The highest BCUT2D eigenvalue weighted by Gasteiger charge is 2.43. The molecule has 0 aromatic carbocycles. The number of nitrogens with one attached hydrogen (secondary N) is 1. The number of unbranched alkanes of at least 4 members (excludes halogenated alkanes) is 3. The molecule has 3 amide bonds. The molecule has 0 aromatic heterocycles. The fourth-order valence-corrected chi connectivity index (χ4v) is 6.91. The van der Waals surface area contributed by atoms with Gasteiger partial charge in [0.25, 0.3) is 11.8 Å². The van der Waals surface area contributed by atoms with E-state index in [4.69, 9.17) is 13.0 Å². The van der Waals surface area contributed by atoms with Crippen molar-refractivity contribution in [3.05, 3.63) is 12.2 Å². The Labute approximate surface area is 180 Å². The summed E-state index contributed by atoms with van der Waals surface area (Å²) < 4.78 is 16.4. The van der Waals surface area contributed by atoms with Crippen LogP contribution in [-0.2, 0) is 27.4 Å². The smallest absolute Gasteiger partial charge is 0.388 e. The molecule has 0 aromatic rings. The fourth-order valence-electron chi connectivity index (χ4n) is 3.06. The fraction of sp³-hybridized carbons (Fsp3) is 0.722. The van der Waals surface area contributed by atoms with Crippen LogP contribution in [0, 0.1) is 0 Å². The minimum Gasteiger partial charge on any atom is -0.388 e. The van der Waals surface area contributed by atoms with Crippen LogP contribution in [0.5, 0.6) is 0 Å². The average molecular weight is 462 g/mol. The zero-order chi connectivity index (χ0) is 22.4. The zero-order valence-electron chi connectivity index (χ0n) is 17.7. The third-order valence-electron chi connectivity index (χ3n) is 4.39. The van der Waals surface area contributed by atoms with Crippen LogP contribution in [0.2, 0.25) is 6.04 Å². The van der Waals surface area contributed by atoms with Gasteiger partial charge in [-0.2, -0.15) is 0 Å². The van der Waals surface area contributed by atoms with E-state index in [2.05, 4.69) is 5.32 Å². The van der Waals surface area contributed by atoms with Gasteiger partial charge < -0.3 is 27.9 Å². The molecule has 30 heavy (non-hydrogen) atoms. The van der Waals surface area contributed by atoms with E-state index in [9.17, 15) is 24.0 Å². The molecule has 0 fully saturated rings. The predicted octanol–water partition coefficient (Wildman–Crippen LogP) is 0.366. The Morgan fingerprint density at radius 1 is 1.03 bits per heavy atom. The molecule has 0 bridgehead atoms. The Kier molecular flexibility index (Phi) is 12.9. The molecule has 1 aliphatic rings. The van der Waals surface area contributed by atoms with Crippen molar-refractivity contribution in [3.8, 4) is 0 Å². The quantitative estimate of drug-likeness (QED) is 0.161. The Morgan fingerprint density at radius 3 is 2.20 bits per heavy atom. The van der Waals surface area contributed by atoms with Crippen LogP contribution >= 0.6 is 0 Å². The molecule has 0 saturated carbocycles. The third-order valence-corrected chi connectivity index (χ3v) is 8.79. The summed E-state index contributed by atoms with van der Waals surface area (Å²) in [5.41, 5.74) is 0. The van der Waals surface area contributed by atoms with Crippen LogP contribution < -0.4 is 5.32 Å². The van der Waals surface area contributed by atoms with Crippen molar-refractivity contribution < 1.29 is 36.9 Å². The number of amides is 3. The molecule has 1 radical (unpaired) electrons. The van der Waals surface area contributed by atoms with Gasteiger partial charge in [0.2, 0.25) is 5.91 Å². The van der Waals surface area contributed by atoms with E-state index < -0.39 is 18.3 Å². The first-order chi connectivity index (χ1) is 14.3. The van der Waals surface area contributed by atoms with Gasteiger partial charge in [-0.15, -0.1) is 0 Å². The van der Waals surface area contributed by atoms with Gasteiger partial charge in [-0.05, 0) is 33.1 Å². The number of rotatable bonds is 17. The monoisotopic (exact) mass is 461 g/mol. The van der Waals surface area contributed by atoms with Crippen molar-refractivity contribution in [1.82, 2.24) is 10.2 Å². The van der Waals surface area contributed by atoms with E-state index in [0.717, 1.165) is 25.7 Å². The summed E-state index contributed by atoms with van der Waals surface area (Å²) in [6, 6.07) is 0.382. The van der Waals surface area contributed by atoms with Gasteiger partial charge in [-0.25, -0.2) is 0 Å². The Balaban J connectivity index is 2.15. The number of carbonyl (C=O) groups is 3. The lowest BCUT2D eigenvalue weighted by Crippen LogP contribution is -2.50. The summed E-state index contributed by atoms with van der Waals surface area (Å²) >= 11 is 0. The molecule has 0 aliphatic carbocycles. The van der Waals surface area contributed by atoms with E-state index >= 15 is 0 Å². The number of carbonyl (C=O) groups excluding carboxylic acids is 3. The van der Waals surface area contributed by atoms with E-state index in [-0.39, 0.29) is 17.7 Å². The van der Waals surface area contributed by atoms with Crippen molar-refractivity contribution in [2.45, 2.75) is 58.4 Å². The van der Waals surface area contributed by atoms with Gasteiger partial charge in [0.15, 0.2) is 0 Å². The molecule has 1 aliphatic heterocycles. The minimum atomic E-state index is -3.15. The number of imide groups is 1. The molecule has 1 rings (SSSR count). The normalized spacial score (nSPS) is 14.2. The molecule has 0 atom stereocenters. The van der Waals surface area contributed by atoms with Crippen LogP contribution in [0.4, 0.5) is 0 Å². The standard InChI is InChI=1S/C18H33N2O8Si2/c1-3-26-30(27-4-2,28-29(24)25)15-9-13-19-16(21)10-7-5-6-8-14-20-17(22)11-12-18(20)23/h11-12,24-25H,3-10,13-15H2,1-2H3,(H,19,21). The summed E-state index contributed by atoms with van der Waals surface area (Å²) in [5.74, 6) is -0.583. The number of hydrogen-bond acceptors (Lipinski definition) is 8. The second-order valence-corrected chi connectivity index (χ2v) is 10.5. The van der Waals surface area contributed by atoms with Crippen LogP contribution in [0.15, 0.2) is 12.2 Å². The lowest BCUT2D eigenvalue weighted by molar-refractivity contribution is -0.136. The Bertz CT molecular complexity index is 565. The molecule has 10 nitrogen and oxygen atoms in total. The van der Waals surface area contributed by atoms with Crippen molar-refractivity contribution >= 4 is 36.1 Å². The van der Waals surface area contributed by atoms with Gasteiger partial charge in [-0.3, -0.25) is 19.3 Å². The number of nitrogens with zero attached hydrogens (tertiary/aromatic N) is 1. The van der Waals surface area contributed by atoms with Crippen LogP contribution in [0.1, 0.15) is 52.4 Å². The van der Waals surface area contributed by atoms with E-state index in [0.29, 0.717) is 45.2 Å². The largest absolute Gasteiger partial charge is 0.563 e. The lowest BCUT2D eigenvalue weighted by Gasteiger charge is -2.28. The summed E-state index contributed by atoms with van der Waals surface area (Å²) in [6.45, 7) is 5.07. The maximum absolute atomic E-state index is 12.0. The third kappa shape index (κ3) is 10.1. The SMILES string of the molecule is CCO[Si](CCCNC(=O)CCCCCCN1C(=O)C=CC1=O)(OCC)O[Si](O)O. The van der Waals surface area contributed by atoms with E-state index in [1.54, 1.807) is 13.8 Å². The van der Waals surface area contributed by atoms with Crippen LogP contribution in [0.25, 0.3) is 0 Å². The zero-order valence-corrected chi connectivity index (χ0v) is 19.7. The van der Waals surface area contributed by atoms with Crippen molar-refractivity contribution in [2.75, 3.05) is 26.3 Å². The minimum absolute atomic E-state index is 0.0563. The van der Waals surface area contributed by atoms with Gasteiger partial charge in [0, 0.05) is 50.9 Å². The predicted molar refractivity (Wildman–Crippen MR) is 112 cm³/mol. The summed E-state index contributed by atoms with van der Waals surface area (Å²) in [7, 11) is -6.09. The van der Waals surface area contributed by atoms with Gasteiger partial charge in [0.1, 0.15) is 0 Å². The summed E-state index contributed by atoms with van der Waals surface area (Å²) in [5, 5.41) is 2.83. The maximum atomic E-state index is 12.0. The van der Waals surface area contributed by atoms with Crippen LogP contribution in [-0.4, -0.2) is 76.8 Å². The average Bonchev–Trinajstić information content (AvgIpc) is 2.99. The first-order valence-electron chi connectivity index (χ1n) is 10.4. The van der Waals surface area contributed by atoms with Crippen LogP contribution in [0.3, 0.4) is 0 Å². The van der Waals surface area contributed by atoms with Gasteiger partial charge >= 0.3 is 18.3 Å². The Hall–Kier alpha value is -1.42. The molecule has 171 valence electrons. The molecule has 12 heteroatoms. The summed E-state index contributed by atoms with van der Waals surface area (Å²) in [4.78, 5) is 54.5. The molecule has 1 heterocycles. The van der Waals surface area contributed by atoms with Crippen molar-refractivity contribution in [3.63, 3.8) is 0 Å². The summed E-state index contributed by atoms with van der Waals surface area (Å²) in [6.07, 6.45) is 6.63. The lowest BCUT2D eigenvalue weighted by atomic mass is 10.1. The first-order valence-corrected chi connectivity index (χ1v) is 13.6. The topological polar surface area (TPSA) is 135 Å². The van der Waals surface area contributed by atoms with Gasteiger partial charge in [0.05, 0.1) is 0 Å². The molecular formula is C18H33N2O8Si2.